The second-order valence-corrected chi connectivity index (χ2v) is 5.32. The van der Waals surface area contributed by atoms with E-state index in [2.05, 4.69) is 42.0 Å². The molecule has 1 aliphatic carbocycles. The van der Waals surface area contributed by atoms with Gasteiger partial charge >= 0.3 is 0 Å². The van der Waals surface area contributed by atoms with Crippen LogP contribution in [0, 0.1) is 12.8 Å². The van der Waals surface area contributed by atoms with Crippen LogP contribution < -0.4 is 0 Å². The van der Waals surface area contributed by atoms with Crippen LogP contribution in [0.25, 0.3) is 11.0 Å². The molecule has 1 aromatic heterocycles. The van der Waals surface area contributed by atoms with E-state index in [4.69, 9.17) is 4.74 Å². The highest BCUT2D eigenvalue weighted by Gasteiger charge is 2.30. The Morgan fingerprint density at radius 3 is 3.00 bits per heavy atom. The summed E-state index contributed by atoms with van der Waals surface area (Å²) in [6.07, 6.45) is 3.91. The summed E-state index contributed by atoms with van der Waals surface area (Å²) < 4.78 is 5.59. The van der Waals surface area contributed by atoms with Crippen molar-refractivity contribution in [3.05, 3.63) is 29.6 Å². The van der Waals surface area contributed by atoms with Crippen molar-refractivity contribution in [1.82, 2.24) is 9.97 Å². The summed E-state index contributed by atoms with van der Waals surface area (Å²) in [6, 6.07) is 6.37. The zero-order valence-corrected chi connectivity index (χ0v) is 11.1. The van der Waals surface area contributed by atoms with Crippen molar-refractivity contribution in [1.29, 1.82) is 0 Å². The summed E-state index contributed by atoms with van der Waals surface area (Å²) in [5.74, 6) is 1.86. The summed E-state index contributed by atoms with van der Waals surface area (Å²) in [5.41, 5.74) is 3.51. The first-order valence-electron chi connectivity index (χ1n) is 6.81. The van der Waals surface area contributed by atoms with Gasteiger partial charge in [-0.05, 0) is 50.3 Å². The molecule has 1 fully saturated rings. The lowest BCUT2D eigenvalue weighted by molar-refractivity contribution is -0.0244. The molecule has 0 spiro atoms. The molecule has 2 aromatic rings. The van der Waals surface area contributed by atoms with E-state index in [0.717, 1.165) is 35.8 Å². The van der Waals surface area contributed by atoms with E-state index in [-0.39, 0.29) is 0 Å². The van der Waals surface area contributed by atoms with Crippen molar-refractivity contribution in [2.45, 2.75) is 39.2 Å². The Kier molecular flexibility index (Phi) is 3.08. The van der Waals surface area contributed by atoms with Crippen LogP contribution in [-0.2, 0) is 11.2 Å². The van der Waals surface area contributed by atoms with Gasteiger partial charge in [0.25, 0.3) is 0 Å². The first kappa shape index (κ1) is 11.7. The van der Waals surface area contributed by atoms with Crippen molar-refractivity contribution in [3.8, 4) is 0 Å². The molecular formula is C15H20N2O. The molecule has 3 heteroatoms. The fraction of sp³-hybridized carbons (Fsp3) is 0.533. The number of hydrogen-bond donors (Lipinski definition) is 1. The van der Waals surface area contributed by atoms with Gasteiger partial charge in [-0.3, -0.25) is 0 Å². The quantitative estimate of drug-likeness (QED) is 0.896. The predicted octanol–water partition coefficient (Wildman–Crippen LogP) is 3.23. The average Bonchev–Trinajstić information content (AvgIpc) is 2.68. The maximum Gasteiger partial charge on any atom is 0.107 e. The molecule has 0 aliphatic heterocycles. The van der Waals surface area contributed by atoms with Crippen LogP contribution >= 0.6 is 0 Å². The van der Waals surface area contributed by atoms with Gasteiger partial charge in [0.1, 0.15) is 5.82 Å². The largest absolute Gasteiger partial charge is 0.378 e. The van der Waals surface area contributed by atoms with Crippen molar-refractivity contribution >= 4 is 11.0 Å². The summed E-state index contributed by atoms with van der Waals surface area (Å²) in [6.45, 7) is 5.01. The molecule has 3 rings (SSSR count). The first-order valence-corrected chi connectivity index (χ1v) is 6.81. The van der Waals surface area contributed by atoms with Gasteiger partial charge in [0.05, 0.1) is 17.1 Å². The van der Waals surface area contributed by atoms with Gasteiger partial charge in [-0.2, -0.15) is 0 Å². The molecule has 0 amide bonds. The van der Waals surface area contributed by atoms with Gasteiger partial charge in [0, 0.05) is 13.0 Å². The highest BCUT2D eigenvalue weighted by atomic mass is 16.5. The highest BCUT2D eigenvalue weighted by molar-refractivity contribution is 5.75. The summed E-state index contributed by atoms with van der Waals surface area (Å²) in [4.78, 5) is 8.08. The van der Waals surface area contributed by atoms with Crippen LogP contribution in [0.4, 0.5) is 0 Å². The maximum absolute atomic E-state index is 5.59. The minimum Gasteiger partial charge on any atom is -0.378 e. The van der Waals surface area contributed by atoms with Crippen LogP contribution in [0.3, 0.4) is 0 Å². The molecule has 18 heavy (non-hydrogen) atoms. The molecule has 0 atom stereocenters. The number of ether oxygens (including phenoxy) is 1. The number of benzene rings is 1. The van der Waals surface area contributed by atoms with Crippen LogP contribution in [0.2, 0.25) is 0 Å². The monoisotopic (exact) mass is 244 g/mol. The molecule has 1 aromatic carbocycles. The number of nitrogens with one attached hydrogen (secondary N) is 1. The Bertz CT molecular complexity index is 540. The van der Waals surface area contributed by atoms with Crippen molar-refractivity contribution in [2.24, 2.45) is 5.92 Å². The van der Waals surface area contributed by atoms with Gasteiger partial charge in [-0.15, -0.1) is 0 Å². The van der Waals surface area contributed by atoms with Crippen molar-refractivity contribution in [2.75, 3.05) is 6.61 Å². The molecule has 0 radical (unpaired) electrons. The SMILES string of the molecule is CCOC1CC(Cc2nc3ccc(C)cc3[nH]2)C1. The van der Waals surface area contributed by atoms with Crippen LogP contribution in [-0.4, -0.2) is 22.7 Å². The van der Waals surface area contributed by atoms with E-state index in [1.807, 2.05) is 0 Å². The van der Waals surface area contributed by atoms with E-state index < -0.39 is 0 Å². The lowest BCUT2D eigenvalue weighted by Crippen LogP contribution is -2.32. The second kappa shape index (κ2) is 4.73. The number of imidazole rings is 1. The molecule has 1 saturated carbocycles. The van der Waals surface area contributed by atoms with Crippen LogP contribution in [0.5, 0.6) is 0 Å². The Morgan fingerprint density at radius 1 is 1.39 bits per heavy atom. The highest BCUT2D eigenvalue weighted by Crippen LogP contribution is 2.32. The van der Waals surface area contributed by atoms with Gasteiger partial charge in [0.2, 0.25) is 0 Å². The standard InChI is InChI=1S/C15H20N2O/c1-3-18-12-7-11(8-12)9-15-16-13-5-4-10(2)6-14(13)17-15/h4-6,11-12H,3,7-9H2,1-2H3,(H,16,17). The van der Waals surface area contributed by atoms with Gasteiger partial charge in [0.15, 0.2) is 0 Å². The number of fused-ring (bicyclic) bond motifs is 1. The number of hydrogen-bond acceptors (Lipinski definition) is 2. The van der Waals surface area contributed by atoms with E-state index in [1.165, 1.54) is 18.4 Å². The van der Waals surface area contributed by atoms with Crippen LogP contribution in [0.1, 0.15) is 31.2 Å². The lowest BCUT2D eigenvalue weighted by atomic mass is 9.80. The fourth-order valence-corrected chi connectivity index (χ4v) is 2.76. The number of rotatable bonds is 4. The Morgan fingerprint density at radius 2 is 2.22 bits per heavy atom. The topological polar surface area (TPSA) is 37.9 Å². The van der Waals surface area contributed by atoms with E-state index in [0.29, 0.717) is 6.10 Å². The molecule has 3 nitrogen and oxygen atoms in total. The lowest BCUT2D eigenvalue weighted by Gasteiger charge is -2.34. The third-order valence-corrected chi connectivity index (χ3v) is 3.76. The zero-order chi connectivity index (χ0) is 12.5. The summed E-state index contributed by atoms with van der Waals surface area (Å²) in [5, 5.41) is 0. The molecule has 0 bridgehead atoms. The minimum absolute atomic E-state index is 0.492. The van der Waals surface area contributed by atoms with Gasteiger partial charge in [-0.25, -0.2) is 4.98 Å². The second-order valence-electron chi connectivity index (χ2n) is 5.32. The molecule has 1 heterocycles. The van der Waals surface area contributed by atoms with Crippen LogP contribution in [0.15, 0.2) is 18.2 Å². The Labute approximate surface area is 108 Å². The summed E-state index contributed by atoms with van der Waals surface area (Å²) >= 11 is 0. The molecule has 1 N–H and O–H groups in total. The number of aromatic nitrogens is 2. The number of aryl methyl sites for hydroxylation is 1. The van der Waals surface area contributed by atoms with Crippen molar-refractivity contribution in [3.63, 3.8) is 0 Å². The Hall–Kier alpha value is -1.35. The number of aromatic amines is 1. The Balaban J connectivity index is 1.65. The zero-order valence-electron chi connectivity index (χ0n) is 11.1. The maximum atomic E-state index is 5.59. The molecule has 0 saturated heterocycles. The van der Waals surface area contributed by atoms with E-state index in [1.54, 1.807) is 0 Å². The normalized spacial score (nSPS) is 23.2. The molecule has 0 unspecified atom stereocenters. The molecular weight excluding hydrogens is 224 g/mol. The summed E-state index contributed by atoms with van der Waals surface area (Å²) in [7, 11) is 0. The number of H-pyrrole nitrogens is 1. The molecule has 96 valence electrons. The van der Waals surface area contributed by atoms with Gasteiger partial charge in [-0.1, -0.05) is 6.07 Å². The van der Waals surface area contributed by atoms with Crippen molar-refractivity contribution < 1.29 is 4.74 Å². The fourth-order valence-electron chi connectivity index (χ4n) is 2.76. The number of nitrogens with zero attached hydrogens (tertiary/aromatic N) is 1. The van der Waals surface area contributed by atoms with Gasteiger partial charge < -0.3 is 9.72 Å². The molecule has 1 aliphatic rings. The predicted molar refractivity (Wildman–Crippen MR) is 72.7 cm³/mol. The smallest absolute Gasteiger partial charge is 0.107 e. The third kappa shape index (κ3) is 2.27. The van der Waals surface area contributed by atoms with E-state index in [9.17, 15) is 0 Å². The first-order chi connectivity index (χ1) is 8.74. The minimum atomic E-state index is 0.492. The average molecular weight is 244 g/mol. The third-order valence-electron chi connectivity index (χ3n) is 3.76. The van der Waals surface area contributed by atoms with E-state index >= 15 is 0 Å².